The fraction of sp³-hybridized carbons (Fsp3) is 0.158. The van der Waals surface area contributed by atoms with Crippen molar-refractivity contribution >= 4 is 34.0 Å². The Morgan fingerprint density at radius 2 is 1.67 bits per heavy atom. The lowest BCUT2D eigenvalue weighted by atomic mass is 10.1. The van der Waals surface area contributed by atoms with Crippen LogP contribution in [0.25, 0.3) is 11.0 Å². The van der Waals surface area contributed by atoms with Gasteiger partial charge in [-0.25, -0.2) is 15.0 Å². The summed E-state index contributed by atoms with van der Waals surface area (Å²) in [6, 6.07) is 7.70. The molecule has 134 valence electrons. The molecule has 4 rings (SSSR count). The fourth-order valence-corrected chi connectivity index (χ4v) is 2.56. The van der Waals surface area contributed by atoms with Gasteiger partial charge in [0.15, 0.2) is 5.82 Å². The maximum atomic E-state index is 4.63. The van der Waals surface area contributed by atoms with Crippen molar-refractivity contribution in [3.05, 3.63) is 60.9 Å². The quantitative estimate of drug-likeness (QED) is 0.555. The molecule has 0 bridgehead atoms. The van der Waals surface area contributed by atoms with Crippen molar-refractivity contribution in [3.8, 4) is 0 Å². The van der Waals surface area contributed by atoms with E-state index in [0.29, 0.717) is 17.6 Å². The number of aromatic nitrogens is 6. The molecule has 0 aliphatic heterocycles. The molecule has 0 spiro atoms. The van der Waals surface area contributed by atoms with Crippen molar-refractivity contribution < 1.29 is 0 Å². The second kappa shape index (κ2) is 7.28. The summed E-state index contributed by atoms with van der Waals surface area (Å²) in [6.07, 6.45) is 8.41. The van der Waals surface area contributed by atoms with Crippen molar-refractivity contribution in [1.29, 1.82) is 0 Å². The van der Waals surface area contributed by atoms with E-state index >= 15 is 0 Å². The van der Waals surface area contributed by atoms with Crippen LogP contribution in [0.5, 0.6) is 0 Å². The molecule has 0 aliphatic rings. The minimum Gasteiger partial charge on any atom is -0.352 e. The van der Waals surface area contributed by atoms with Crippen LogP contribution in [0.3, 0.4) is 0 Å². The van der Waals surface area contributed by atoms with Gasteiger partial charge in [0.05, 0.1) is 47.2 Å². The summed E-state index contributed by atoms with van der Waals surface area (Å²) in [5, 5.41) is 14.6. The summed E-state index contributed by atoms with van der Waals surface area (Å²) in [5.41, 5.74) is 4.27. The lowest BCUT2D eigenvalue weighted by molar-refractivity contribution is 0.843. The third-order valence-electron chi connectivity index (χ3n) is 3.99. The van der Waals surface area contributed by atoms with Crippen LogP contribution < -0.4 is 10.6 Å². The number of nitrogens with zero attached hydrogens (tertiary/aromatic N) is 6. The second-order valence-electron chi connectivity index (χ2n) is 6.36. The smallest absolute Gasteiger partial charge is 0.154 e. The van der Waals surface area contributed by atoms with Gasteiger partial charge in [0.1, 0.15) is 12.1 Å². The van der Waals surface area contributed by atoms with Crippen LogP contribution in [0.2, 0.25) is 0 Å². The van der Waals surface area contributed by atoms with E-state index in [2.05, 4.69) is 54.6 Å². The van der Waals surface area contributed by atoms with E-state index in [1.807, 2.05) is 24.3 Å². The SMILES string of the molecule is CC(C)c1cnnc(Nc2ccc3ncc(Nc4cncnc4)cc3n2)c1. The Kier molecular flexibility index (Phi) is 4.52. The van der Waals surface area contributed by atoms with E-state index in [4.69, 9.17) is 0 Å². The molecule has 0 saturated carbocycles. The molecule has 8 heteroatoms. The van der Waals surface area contributed by atoms with E-state index in [1.54, 1.807) is 24.8 Å². The first-order chi connectivity index (χ1) is 13.2. The maximum absolute atomic E-state index is 4.63. The van der Waals surface area contributed by atoms with E-state index in [0.717, 1.165) is 28.0 Å². The Hall–Kier alpha value is -3.68. The second-order valence-corrected chi connectivity index (χ2v) is 6.36. The average molecular weight is 358 g/mol. The summed E-state index contributed by atoms with van der Waals surface area (Å²) >= 11 is 0. The van der Waals surface area contributed by atoms with Crippen LogP contribution in [0.15, 0.2) is 55.4 Å². The maximum Gasteiger partial charge on any atom is 0.154 e. The van der Waals surface area contributed by atoms with E-state index in [9.17, 15) is 0 Å². The minimum absolute atomic E-state index is 0.380. The first-order valence-electron chi connectivity index (χ1n) is 8.56. The molecule has 0 aliphatic carbocycles. The van der Waals surface area contributed by atoms with Gasteiger partial charge in [-0.3, -0.25) is 4.98 Å². The van der Waals surface area contributed by atoms with Gasteiger partial charge in [-0.1, -0.05) is 13.8 Å². The molecule has 2 N–H and O–H groups in total. The number of nitrogens with one attached hydrogen (secondary N) is 2. The molecule has 4 aromatic heterocycles. The predicted molar refractivity (Wildman–Crippen MR) is 104 cm³/mol. The summed E-state index contributed by atoms with van der Waals surface area (Å²) in [4.78, 5) is 17.1. The zero-order chi connectivity index (χ0) is 18.6. The fourth-order valence-electron chi connectivity index (χ4n) is 2.56. The van der Waals surface area contributed by atoms with Crippen LogP contribution in [-0.2, 0) is 0 Å². The minimum atomic E-state index is 0.380. The lowest BCUT2D eigenvalue weighted by Crippen LogP contribution is -2.00. The Labute approximate surface area is 156 Å². The van der Waals surface area contributed by atoms with Crippen molar-refractivity contribution in [2.75, 3.05) is 10.6 Å². The third kappa shape index (κ3) is 3.95. The van der Waals surface area contributed by atoms with E-state index < -0.39 is 0 Å². The van der Waals surface area contributed by atoms with Gasteiger partial charge >= 0.3 is 0 Å². The molecule has 0 aromatic carbocycles. The van der Waals surface area contributed by atoms with Gasteiger partial charge in [-0.15, -0.1) is 5.10 Å². The summed E-state index contributed by atoms with van der Waals surface area (Å²) in [5.74, 6) is 1.72. The van der Waals surface area contributed by atoms with Crippen molar-refractivity contribution in [2.45, 2.75) is 19.8 Å². The van der Waals surface area contributed by atoms with Gasteiger partial charge < -0.3 is 10.6 Å². The molecular weight excluding hydrogens is 340 g/mol. The Morgan fingerprint density at radius 3 is 2.48 bits per heavy atom. The number of hydrogen-bond donors (Lipinski definition) is 2. The third-order valence-corrected chi connectivity index (χ3v) is 3.99. The zero-order valence-corrected chi connectivity index (χ0v) is 15.0. The normalized spacial score (nSPS) is 10.9. The summed E-state index contributed by atoms with van der Waals surface area (Å²) in [7, 11) is 0. The first-order valence-corrected chi connectivity index (χ1v) is 8.56. The standard InChI is InChI=1S/C19H18N8/c1-12(2)13-5-19(27-23-7-13)26-18-4-3-16-17(25-18)6-14(10-22-16)24-15-8-20-11-21-9-15/h3-12,24H,1-2H3,(H,25,26,27). The number of pyridine rings is 2. The van der Waals surface area contributed by atoms with Gasteiger partial charge in [-0.2, -0.15) is 5.10 Å². The van der Waals surface area contributed by atoms with Crippen LogP contribution in [0.1, 0.15) is 25.3 Å². The van der Waals surface area contributed by atoms with Crippen LogP contribution in [-0.4, -0.2) is 30.1 Å². The number of anilines is 4. The highest BCUT2D eigenvalue weighted by Gasteiger charge is 2.06. The monoisotopic (exact) mass is 358 g/mol. The molecule has 4 heterocycles. The molecule has 4 aromatic rings. The predicted octanol–water partition coefficient (Wildman–Crippen LogP) is 3.82. The van der Waals surface area contributed by atoms with Crippen LogP contribution in [0.4, 0.5) is 23.0 Å². The van der Waals surface area contributed by atoms with Gasteiger partial charge in [-0.05, 0) is 35.7 Å². The highest BCUT2D eigenvalue weighted by Crippen LogP contribution is 2.22. The van der Waals surface area contributed by atoms with Gasteiger partial charge in [0, 0.05) is 0 Å². The lowest BCUT2D eigenvalue weighted by Gasteiger charge is -2.09. The molecule has 8 nitrogen and oxygen atoms in total. The molecular formula is C19H18N8. The Bertz CT molecular complexity index is 1070. The number of fused-ring (bicyclic) bond motifs is 1. The average Bonchev–Trinajstić information content (AvgIpc) is 2.69. The Morgan fingerprint density at radius 1 is 0.815 bits per heavy atom. The molecule has 0 fully saturated rings. The highest BCUT2D eigenvalue weighted by atomic mass is 15.2. The van der Waals surface area contributed by atoms with Gasteiger partial charge in [0.2, 0.25) is 0 Å². The van der Waals surface area contributed by atoms with Crippen molar-refractivity contribution in [2.24, 2.45) is 0 Å². The molecule has 0 amide bonds. The largest absolute Gasteiger partial charge is 0.352 e. The first kappa shape index (κ1) is 16.8. The van der Waals surface area contributed by atoms with E-state index in [1.165, 1.54) is 6.33 Å². The highest BCUT2D eigenvalue weighted by molar-refractivity contribution is 5.80. The van der Waals surface area contributed by atoms with Gasteiger partial charge in [0.25, 0.3) is 0 Å². The van der Waals surface area contributed by atoms with Crippen LogP contribution in [0, 0.1) is 0 Å². The van der Waals surface area contributed by atoms with Crippen LogP contribution >= 0.6 is 0 Å². The van der Waals surface area contributed by atoms with Crippen molar-refractivity contribution in [3.63, 3.8) is 0 Å². The molecule has 0 unspecified atom stereocenters. The summed E-state index contributed by atoms with van der Waals surface area (Å²) < 4.78 is 0. The number of rotatable bonds is 5. The topological polar surface area (TPSA) is 101 Å². The molecule has 0 radical (unpaired) electrons. The summed E-state index contributed by atoms with van der Waals surface area (Å²) in [6.45, 7) is 4.24. The molecule has 0 atom stereocenters. The number of hydrogen-bond acceptors (Lipinski definition) is 8. The molecule has 27 heavy (non-hydrogen) atoms. The molecule has 0 saturated heterocycles. The van der Waals surface area contributed by atoms with E-state index in [-0.39, 0.29) is 0 Å². The van der Waals surface area contributed by atoms with Crippen molar-refractivity contribution in [1.82, 2.24) is 30.1 Å². The zero-order valence-electron chi connectivity index (χ0n) is 15.0. The Balaban J connectivity index is 1.60.